The molecule has 2 aliphatic heterocycles. The topological polar surface area (TPSA) is 115 Å². The average molecular weight is 753 g/mol. The molecule has 9 nitrogen and oxygen atoms in total. The number of fused-ring (bicyclic) bond motifs is 20. The molecule has 0 saturated heterocycles. The zero-order valence-electron chi connectivity index (χ0n) is 34.6. The van der Waals surface area contributed by atoms with Crippen LogP contribution in [0.25, 0.3) is 89.7 Å². The molecule has 3 aromatic heterocycles. The second-order valence-corrected chi connectivity index (χ2v) is 19.0. The summed E-state index contributed by atoms with van der Waals surface area (Å²) in [6.45, 7) is 24.4. The van der Waals surface area contributed by atoms with Crippen molar-refractivity contribution in [2.75, 3.05) is 0 Å². The molecule has 5 heterocycles. The summed E-state index contributed by atoms with van der Waals surface area (Å²) in [6.07, 6.45) is 0.940. The summed E-state index contributed by atoms with van der Waals surface area (Å²) in [7, 11) is 0. The normalized spacial score (nSPS) is 13.2. The molecule has 7 aromatic rings. The number of aromatic amines is 1. The van der Waals surface area contributed by atoms with Gasteiger partial charge in [-0.25, -0.2) is 29.9 Å². The van der Waals surface area contributed by atoms with Gasteiger partial charge in [0.25, 0.3) is 0 Å². The van der Waals surface area contributed by atoms with Crippen LogP contribution in [0.1, 0.15) is 92.9 Å². The van der Waals surface area contributed by atoms with Crippen molar-refractivity contribution in [3.63, 3.8) is 0 Å². The SMILES string of the molecule is CC(C)(C)c1cc2c3nc4nc(nc5c6ccccc6c(nc6nc(nc([nH]3)c2c(C(C)(C)C)c1C(C)(C)C)-c1ccccc1-6)n5C(C)(C)C=O)-c1ccccc1-4. The number of nitrogens with zero attached hydrogens (tertiary/aromatic N) is 7. The maximum absolute atomic E-state index is 13.0. The highest BCUT2D eigenvalue weighted by Crippen LogP contribution is 2.47. The Morgan fingerprint density at radius 3 is 1.33 bits per heavy atom. The van der Waals surface area contributed by atoms with Gasteiger partial charge < -0.3 is 9.78 Å². The zero-order valence-corrected chi connectivity index (χ0v) is 34.6. The predicted molar refractivity (Wildman–Crippen MR) is 231 cm³/mol. The van der Waals surface area contributed by atoms with Crippen LogP contribution >= 0.6 is 0 Å². The van der Waals surface area contributed by atoms with Crippen LogP contribution in [0.2, 0.25) is 0 Å². The van der Waals surface area contributed by atoms with E-state index in [1.807, 2.05) is 91.2 Å². The van der Waals surface area contributed by atoms with Crippen molar-refractivity contribution in [2.45, 2.75) is 97.9 Å². The monoisotopic (exact) mass is 752 g/mol. The van der Waals surface area contributed by atoms with Crippen molar-refractivity contribution >= 4 is 50.4 Å². The van der Waals surface area contributed by atoms with Gasteiger partial charge in [0.15, 0.2) is 23.3 Å². The lowest BCUT2D eigenvalue weighted by Gasteiger charge is -2.37. The molecular weight excluding hydrogens is 705 g/mol. The van der Waals surface area contributed by atoms with E-state index in [1.54, 1.807) is 0 Å². The summed E-state index contributed by atoms with van der Waals surface area (Å²) in [5.41, 5.74) is 8.15. The highest BCUT2D eigenvalue weighted by atomic mass is 16.1. The molecule has 0 aliphatic carbocycles. The Morgan fingerprint density at radius 2 is 0.912 bits per heavy atom. The summed E-state index contributed by atoms with van der Waals surface area (Å²) in [4.78, 5) is 48.5. The third-order valence-electron chi connectivity index (χ3n) is 11.2. The first-order chi connectivity index (χ1) is 26.9. The second-order valence-electron chi connectivity index (χ2n) is 19.0. The van der Waals surface area contributed by atoms with Gasteiger partial charge in [0.2, 0.25) is 0 Å². The van der Waals surface area contributed by atoms with E-state index in [4.69, 9.17) is 29.9 Å². The van der Waals surface area contributed by atoms with Crippen LogP contribution in [0.15, 0.2) is 78.9 Å². The van der Waals surface area contributed by atoms with Gasteiger partial charge in [0, 0.05) is 43.8 Å². The van der Waals surface area contributed by atoms with Crippen LogP contribution in [-0.4, -0.2) is 45.7 Å². The van der Waals surface area contributed by atoms with Gasteiger partial charge in [0.05, 0.1) is 5.54 Å². The van der Waals surface area contributed by atoms with Gasteiger partial charge in [0.1, 0.15) is 28.9 Å². The van der Waals surface area contributed by atoms with Crippen LogP contribution in [0.3, 0.4) is 0 Å². The van der Waals surface area contributed by atoms with Gasteiger partial charge in [-0.2, -0.15) is 0 Å². The first kappa shape index (κ1) is 36.5. The highest BCUT2D eigenvalue weighted by Gasteiger charge is 2.36. The predicted octanol–water partition coefficient (Wildman–Crippen LogP) is 11.2. The van der Waals surface area contributed by atoms with E-state index in [0.717, 1.165) is 50.1 Å². The number of hydrogen-bond donors (Lipinski definition) is 1. The number of hydrogen-bond acceptors (Lipinski definition) is 7. The average Bonchev–Trinajstić information content (AvgIpc) is 3.87. The van der Waals surface area contributed by atoms with Gasteiger partial charge in [-0.15, -0.1) is 0 Å². The standard InChI is InChI=1S/C48H48N8O/c1-45(2,3)33-24-32-34(36(47(7,8)9)35(33)46(4,5)6)42-52-38-27-19-13-15-21-29(27)40(50-38)55-44-31-23-17-16-22-30(31)43(56(44)48(10,11)25-57)54-39-28-20-14-12-18-26(28)37(49-39)51-41(32)53-42/h12-25H,1-11H3,(H,49,50,51,52,53,54,55). The summed E-state index contributed by atoms with van der Waals surface area (Å²) in [5.74, 6) is 2.11. The molecule has 0 saturated carbocycles. The van der Waals surface area contributed by atoms with Gasteiger partial charge >= 0.3 is 0 Å². The van der Waals surface area contributed by atoms with Crippen molar-refractivity contribution in [1.82, 2.24) is 39.5 Å². The molecule has 0 unspecified atom stereocenters. The van der Waals surface area contributed by atoms with E-state index >= 15 is 0 Å². The number of carbonyl (C=O) groups excluding carboxylic acids is 1. The Balaban J connectivity index is 1.59. The van der Waals surface area contributed by atoms with E-state index in [1.165, 1.54) is 16.7 Å². The van der Waals surface area contributed by atoms with Crippen LogP contribution in [0.5, 0.6) is 0 Å². The highest BCUT2D eigenvalue weighted by molar-refractivity contribution is 6.09. The number of H-pyrrole nitrogens is 1. The minimum Gasteiger partial charge on any atom is -0.324 e. The zero-order chi connectivity index (χ0) is 40.4. The summed E-state index contributed by atoms with van der Waals surface area (Å²) < 4.78 is 1.92. The first-order valence-electron chi connectivity index (χ1n) is 19.7. The van der Waals surface area contributed by atoms with E-state index < -0.39 is 5.54 Å². The molecule has 8 bridgehead atoms. The Morgan fingerprint density at radius 1 is 0.491 bits per heavy atom. The van der Waals surface area contributed by atoms with E-state index in [-0.39, 0.29) is 16.2 Å². The molecule has 0 amide bonds. The van der Waals surface area contributed by atoms with Gasteiger partial charge in [-0.1, -0.05) is 135 Å². The number of aromatic nitrogens is 8. The number of rotatable bonds is 2. The maximum atomic E-state index is 13.0. The summed E-state index contributed by atoms with van der Waals surface area (Å²) in [6, 6.07) is 26.5. The van der Waals surface area contributed by atoms with Gasteiger partial charge in [-0.05, 0) is 52.8 Å². The minimum absolute atomic E-state index is 0.166. The molecule has 57 heavy (non-hydrogen) atoms. The number of aldehydes is 1. The maximum Gasteiger partial charge on any atom is 0.164 e. The summed E-state index contributed by atoms with van der Waals surface area (Å²) >= 11 is 0. The van der Waals surface area contributed by atoms with Crippen LogP contribution in [0.4, 0.5) is 0 Å². The van der Waals surface area contributed by atoms with Crippen LogP contribution < -0.4 is 0 Å². The lowest BCUT2D eigenvalue weighted by molar-refractivity contribution is -0.113. The molecule has 0 spiro atoms. The molecule has 9 heteroatoms. The fourth-order valence-electron chi connectivity index (χ4n) is 8.62. The van der Waals surface area contributed by atoms with E-state index in [0.29, 0.717) is 45.9 Å². The Labute approximate surface area is 332 Å². The number of benzene rings is 4. The van der Waals surface area contributed by atoms with E-state index in [9.17, 15) is 4.79 Å². The second kappa shape index (κ2) is 12.2. The van der Waals surface area contributed by atoms with Crippen molar-refractivity contribution in [1.29, 1.82) is 0 Å². The molecular formula is C48H48N8O. The largest absolute Gasteiger partial charge is 0.324 e. The van der Waals surface area contributed by atoms with Crippen molar-refractivity contribution < 1.29 is 4.79 Å². The Kier molecular flexibility index (Phi) is 7.82. The molecule has 9 rings (SSSR count). The number of carbonyl (C=O) groups is 1. The van der Waals surface area contributed by atoms with Crippen LogP contribution in [-0.2, 0) is 26.6 Å². The van der Waals surface area contributed by atoms with E-state index in [2.05, 4.69) is 73.4 Å². The molecule has 0 fully saturated rings. The molecule has 0 radical (unpaired) electrons. The molecule has 1 N–H and O–H groups in total. The Hall–Kier alpha value is -6.09. The molecule has 4 aromatic carbocycles. The lowest BCUT2D eigenvalue weighted by atomic mass is 9.67. The van der Waals surface area contributed by atoms with Gasteiger partial charge in [-0.3, -0.25) is 4.57 Å². The quantitative estimate of drug-likeness (QED) is 0.175. The fraction of sp³-hybridized carbons (Fsp3) is 0.312. The van der Waals surface area contributed by atoms with Crippen molar-refractivity contribution in [3.8, 4) is 45.6 Å². The first-order valence-corrected chi connectivity index (χ1v) is 19.7. The molecule has 0 atom stereocenters. The van der Waals surface area contributed by atoms with Crippen molar-refractivity contribution in [3.05, 3.63) is 95.6 Å². The molecule has 2 aliphatic rings. The summed E-state index contributed by atoms with van der Waals surface area (Å²) in [5, 5.41) is 3.69. The third kappa shape index (κ3) is 5.69. The molecule has 286 valence electrons. The number of nitrogens with one attached hydrogen (secondary N) is 1. The van der Waals surface area contributed by atoms with Crippen molar-refractivity contribution in [2.24, 2.45) is 0 Å². The fourth-order valence-corrected chi connectivity index (χ4v) is 8.62. The van der Waals surface area contributed by atoms with Crippen LogP contribution in [0, 0.1) is 0 Å². The third-order valence-corrected chi connectivity index (χ3v) is 11.2. The smallest absolute Gasteiger partial charge is 0.164 e. The Bertz CT molecular complexity index is 3020. The lowest BCUT2D eigenvalue weighted by Crippen LogP contribution is -2.28. The minimum atomic E-state index is -1.03.